The van der Waals surface area contributed by atoms with Crippen LogP contribution in [0.25, 0.3) is 0 Å². The molecule has 0 aliphatic rings. The lowest BCUT2D eigenvalue weighted by atomic mass is 10.1. The number of amides is 1. The van der Waals surface area contributed by atoms with E-state index in [9.17, 15) is 13.2 Å². The molecule has 0 aliphatic carbocycles. The predicted octanol–water partition coefficient (Wildman–Crippen LogP) is 4.42. The van der Waals surface area contributed by atoms with E-state index in [2.05, 4.69) is 5.32 Å². The zero-order valence-corrected chi connectivity index (χ0v) is 18.1. The van der Waals surface area contributed by atoms with Gasteiger partial charge in [0.05, 0.1) is 12.0 Å². The molecular weight excluding hydrogens is 424 g/mol. The lowest BCUT2D eigenvalue weighted by Gasteiger charge is -2.17. The molecule has 0 saturated carbocycles. The second kappa shape index (κ2) is 9.30. The van der Waals surface area contributed by atoms with Crippen LogP contribution in [0.15, 0.2) is 77.7 Å². The number of methoxy groups -OCH3 is 1. The van der Waals surface area contributed by atoms with Crippen LogP contribution < -0.4 is 10.1 Å². The summed E-state index contributed by atoms with van der Waals surface area (Å²) in [6.45, 7) is 0.174. The summed E-state index contributed by atoms with van der Waals surface area (Å²) >= 11 is 5.84. The Bertz CT molecular complexity index is 1110. The van der Waals surface area contributed by atoms with E-state index >= 15 is 0 Å². The van der Waals surface area contributed by atoms with E-state index in [0.29, 0.717) is 22.0 Å². The molecule has 8 heteroatoms. The number of hydrogen-bond acceptors (Lipinski definition) is 4. The van der Waals surface area contributed by atoms with Crippen molar-refractivity contribution in [1.82, 2.24) is 4.31 Å². The maximum atomic E-state index is 12.8. The van der Waals surface area contributed by atoms with Crippen molar-refractivity contribution >= 4 is 33.2 Å². The van der Waals surface area contributed by atoms with Gasteiger partial charge in [-0.25, -0.2) is 8.42 Å². The van der Waals surface area contributed by atoms with Gasteiger partial charge in [0.1, 0.15) is 5.75 Å². The number of carbonyl (C=O) groups excluding carboxylic acids is 1. The third-order valence-corrected chi connectivity index (χ3v) is 6.56. The minimum Gasteiger partial charge on any atom is -0.497 e. The molecule has 1 N–H and O–H groups in total. The highest BCUT2D eigenvalue weighted by Gasteiger charge is 2.21. The van der Waals surface area contributed by atoms with Crippen LogP contribution in [0.3, 0.4) is 0 Å². The van der Waals surface area contributed by atoms with Gasteiger partial charge in [0.2, 0.25) is 10.0 Å². The van der Waals surface area contributed by atoms with Crippen LogP contribution in [0.5, 0.6) is 5.75 Å². The number of rotatable bonds is 7. The third-order valence-electron chi connectivity index (χ3n) is 4.49. The summed E-state index contributed by atoms with van der Waals surface area (Å²) in [5.41, 5.74) is 1.87. The zero-order chi connectivity index (χ0) is 21.7. The summed E-state index contributed by atoms with van der Waals surface area (Å²) in [5, 5.41) is 3.38. The van der Waals surface area contributed by atoms with Gasteiger partial charge in [0.15, 0.2) is 0 Å². The van der Waals surface area contributed by atoms with Crippen molar-refractivity contribution in [1.29, 1.82) is 0 Å². The second-order valence-electron chi connectivity index (χ2n) is 6.59. The van der Waals surface area contributed by atoms with E-state index in [0.717, 1.165) is 5.56 Å². The molecule has 0 aromatic heterocycles. The lowest BCUT2D eigenvalue weighted by Crippen LogP contribution is -2.26. The number of ether oxygens (including phenoxy) is 1. The summed E-state index contributed by atoms with van der Waals surface area (Å²) in [6, 6.07) is 19.8. The van der Waals surface area contributed by atoms with Crippen molar-refractivity contribution in [2.24, 2.45) is 0 Å². The molecule has 3 aromatic rings. The normalized spacial score (nSPS) is 11.3. The fourth-order valence-corrected chi connectivity index (χ4v) is 4.05. The highest BCUT2D eigenvalue weighted by atomic mass is 35.5. The number of hydrogen-bond donors (Lipinski definition) is 1. The van der Waals surface area contributed by atoms with E-state index in [1.807, 2.05) is 0 Å². The van der Waals surface area contributed by atoms with E-state index in [-0.39, 0.29) is 17.3 Å². The van der Waals surface area contributed by atoms with E-state index in [1.165, 1.54) is 30.6 Å². The van der Waals surface area contributed by atoms with Crippen LogP contribution in [0, 0.1) is 0 Å². The molecule has 0 saturated heterocycles. The van der Waals surface area contributed by atoms with Gasteiger partial charge < -0.3 is 10.1 Å². The molecule has 0 aliphatic heterocycles. The first kappa shape index (κ1) is 21.8. The van der Waals surface area contributed by atoms with Crippen molar-refractivity contribution in [2.75, 3.05) is 19.5 Å². The fraction of sp³-hybridized carbons (Fsp3) is 0.136. The van der Waals surface area contributed by atoms with Crippen LogP contribution in [0.4, 0.5) is 5.69 Å². The first-order valence-corrected chi connectivity index (χ1v) is 10.9. The Morgan fingerprint density at radius 1 is 0.967 bits per heavy atom. The first-order chi connectivity index (χ1) is 14.3. The molecule has 0 radical (unpaired) electrons. The summed E-state index contributed by atoms with van der Waals surface area (Å²) in [4.78, 5) is 12.6. The third kappa shape index (κ3) is 5.18. The van der Waals surface area contributed by atoms with Crippen molar-refractivity contribution in [3.63, 3.8) is 0 Å². The minimum absolute atomic E-state index is 0.174. The van der Waals surface area contributed by atoms with Gasteiger partial charge in [-0.3, -0.25) is 4.79 Å². The van der Waals surface area contributed by atoms with E-state index in [4.69, 9.17) is 16.3 Å². The van der Waals surface area contributed by atoms with E-state index in [1.54, 1.807) is 60.7 Å². The topological polar surface area (TPSA) is 75.7 Å². The summed E-state index contributed by atoms with van der Waals surface area (Å²) in [7, 11) is -0.608. The summed E-state index contributed by atoms with van der Waals surface area (Å²) in [5.74, 6) is 0.326. The second-order valence-corrected chi connectivity index (χ2v) is 9.08. The first-order valence-electron chi connectivity index (χ1n) is 9.06. The van der Waals surface area contributed by atoms with E-state index < -0.39 is 10.0 Å². The molecule has 6 nitrogen and oxygen atoms in total. The van der Waals surface area contributed by atoms with Crippen LogP contribution >= 0.6 is 11.6 Å². The standard InChI is InChI=1S/C22H21ClN2O4S/c1-25(30(27,28)21-13-11-20(29-2)12-14-21)15-16-3-5-17(6-4-16)22(26)24-19-9-7-18(23)8-10-19/h3-14H,15H2,1-2H3,(H,24,26). The minimum atomic E-state index is -3.65. The molecule has 1 amide bonds. The largest absolute Gasteiger partial charge is 0.497 e. The molecular formula is C22H21ClN2O4S. The zero-order valence-electron chi connectivity index (χ0n) is 16.5. The van der Waals surface area contributed by atoms with Crippen molar-refractivity contribution in [3.05, 3.63) is 88.9 Å². The van der Waals surface area contributed by atoms with Gasteiger partial charge >= 0.3 is 0 Å². The molecule has 0 spiro atoms. The number of benzene rings is 3. The molecule has 0 bridgehead atoms. The number of nitrogens with one attached hydrogen (secondary N) is 1. The fourth-order valence-electron chi connectivity index (χ4n) is 2.77. The molecule has 0 fully saturated rings. The van der Waals surface area contributed by atoms with Crippen molar-refractivity contribution < 1.29 is 17.9 Å². The molecule has 0 heterocycles. The Labute approximate surface area is 181 Å². The Hall–Kier alpha value is -2.87. The Balaban J connectivity index is 1.66. The van der Waals surface area contributed by atoms with Crippen LogP contribution in [0.2, 0.25) is 5.02 Å². The number of halogens is 1. The Morgan fingerprint density at radius 3 is 2.13 bits per heavy atom. The number of nitrogens with zero attached hydrogens (tertiary/aromatic N) is 1. The molecule has 0 atom stereocenters. The average Bonchev–Trinajstić information content (AvgIpc) is 2.75. The number of sulfonamides is 1. The predicted molar refractivity (Wildman–Crippen MR) is 117 cm³/mol. The molecule has 3 aromatic carbocycles. The Morgan fingerprint density at radius 2 is 1.57 bits per heavy atom. The van der Waals surface area contributed by atoms with Gasteiger partial charge in [0, 0.05) is 29.9 Å². The van der Waals surface area contributed by atoms with Gasteiger partial charge in [0.25, 0.3) is 5.91 Å². The maximum Gasteiger partial charge on any atom is 0.255 e. The maximum absolute atomic E-state index is 12.8. The van der Waals surface area contributed by atoms with Gasteiger partial charge in [-0.05, 0) is 66.2 Å². The van der Waals surface area contributed by atoms with Crippen LogP contribution in [-0.2, 0) is 16.6 Å². The molecule has 0 unspecified atom stereocenters. The highest BCUT2D eigenvalue weighted by molar-refractivity contribution is 7.89. The smallest absolute Gasteiger partial charge is 0.255 e. The number of anilines is 1. The molecule has 156 valence electrons. The van der Waals surface area contributed by atoms with Gasteiger partial charge in [-0.15, -0.1) is 0 Å². The number of carbonyl (C=O) groups is 1. The lowest BCUT2D eigenvalue weighted by molar-refractivity contribution is 0.102. The van der Waals surface area contributed by atoms with Gasteiger partial charge in [-0.2, -0.15) is 4.31 Å². The molecule has 3 rings (SSSR count). The summed E-state index contributed by atoms with van der Waals surface area (Å²) < 4.78 is 31.8. The Kier molecular flexibility index (Phi) is 6.77. The summed E-state index contributed by atoms with van der Waals surface area (Å²) in [6.07, 6.45) is 0. The monoisotopic (exact) mass is 444 g/mol. The van der Waals surface area contributed by atoms with Crippen LogP contribution in [-0.4, -0.2) is 32.8 Å². The van der Waals surface area contributed by atoms with Gasteiger partial charge in [-0.1, -0.05) is 23.7 Å². The van der Waals surface area contributed by atoms with Crippen molar-refractivity contribution in [2.45, 2.75) is 11.4 Å². The SMILES string of the molecule is COc1ccc(S(=O)(=O)N(C)Cc2ccc(C(=O)Nc3ccc(Cl)cc3)cc2)cc1. The average molecular weight is 445 g/mol. The highest BCUT2D eigenvalue weighted by Crippen LogP contribution is 2.20. The van der Waals surface area contributed by atoms with Crippen molar-refractivity contribution in [3.8, 4) is 5.75 Å². The quantitative estimate of drug-likeness (QED) is 0.585. The van der Waals surface area contributed by atoms with Crippen LogP contribution in [0.1, 0.15) is 15.9 Å². The molecule has 30 heavy (non-hydrogen) atoms.